The number of amides is 5. The third kappa shape index (κ3) is 12.5. The zero-order chi connectivity index (χ0) is 46.5. The lowest BCUT2D eigenvalue weighted by Gasteiger charge is -2.39. The molecule has 15 nitrogen and oxygen atoms in total. The van der Waals surface area contributed by atoms with Gasteiger partial charge < -0.3 is 43.0 Å². The van der Waals surface area contributed by atoms with Crippen molar-refractivity contribution in [1.82, 2.24) is 26.3 Å². The van der Waals surface area contributed by atoms with Crippen LogP contribution in [0.3, 0.4) is 0 Å². The smallest absolute Gasteiger partial charge is 0.247 e. The van der Waals surface area contributed by atoms with Gasteiger partial charge in [-0.1, -0.05) is 95.7 Å². The van der Waals surface area contributed by atoms with Gasteiger partial charge >= 0.3 is 0 Å². The molecule has 5 aromatic rings. The number of Topliss-reactive ketones (excluding diaryl/α,β-unsaturated/α-hetero) is 1. The number of fused-ring (bicyclic) bond motifs is 2. The first kappa shape index (κ1) is 47.7. The number of aliphatic imine (C=N–C) groups is 1. The van der Waals surface area contributed by atoms with E-state index in [0.717, 1.165) is 37.6 Å². The van der Waals surface area contributed by atoms with Crippen molar-refractivity contribution in [3.05, 3.63) is 136 Å². The number of anilines is 1. The number of H-pyrrole nitrogens is 1. The van der Waals surface area contributed by atoms with Crippen LogP contribution >= 0.6 is 15.9 Å². The molecular formula is C49H56BrN9O6. The first-order valence-corrected chi connectivity index (χ1v) is 22.6. The second-order valence-corrected chi connectivity index (χ2v) is 17.2. The van der Waals surface area contributed by atoms with Crippen molar-refractivity contribution in [2.45, 2.75) is 95.3 Å². The van der Waals surface area contributed by atoms with Crippen LogP contribution in [0.5, 0.6) is 0 Å². The number of benzene rings is 4. The van der Waals surface area contributed by atoms with Gasteiger partial charge in [-0.05, 0) is 85.5 Å². The fourth-order valence-corrected chi connectivity index (χ4v) is 8.84. The average molecular weight is 947 g/mol. The van der Waals surface area contributed by atoms with Crippen LogP contribution in [-0.2, 0) is 49.7 Å². The van der Waals surface area contributed by atoms with Crippen LogP contribution in [-0.4, -0.2) is 76.5 Å². The van der Waals surface area contributed by atoms with Crippen LogP contribution < -0.4 is 38.1 Å². The summed E-state index contributed by atoms with van der Waals surface area (Å²) >= 11 is 3.63. The number of hydrogen-bond acceptors (Lipinski definition) is 7. The Labute approximate surface area is 386 Å². The van der Waals surface area contributed by atoms with Gasteiger partial charge in [-0.3, -0.25) is 33.8 Å². The minimum Gasteiger partial charge on any atom is -0.370 e. The fourth-order valence-electron chi connectivity index (χ4n) is 8.24. The van der Waals surface area contributed by atoms with E-state index < -0.39 is 47.3 Å². The third-order valence-corrected chi connectivity index (χ3v) is 12.3. The number of carbonyl (C=O) groups excluding carboxylic acids is 6. The summed E-state index contributed by atoms with van der Waals surface area (Å²) in [4.78, 5) is 91.2. The van der Waals surface area contributed by atoms with Gasteiger partial charge in [0.15, 0.2) is 11.7 Å². The first-order valence-electron chi connectivity index (χ1n) is 21.8. The number of guanidine groups is 1. The van der Waals surface area contributed by atoms with E-state index >= 15 is 0 Å². The van der Waals surface area contributed by atoms with Crippen molar-refractivity contribution in [1.29, 1.82) is 0 Å². The lowest BCUT2D eigenvalue weighted by molar-refractivity contribution is -0.137. The minimum atomic E-state index is -1.36. The number of carbonyl (C=O) groups is 6. The monoisotopic (exact) mass is 945 g/mol. The van der Waals surface area contributed by atoms with Gasteiger partial charge in [0.1, 0.15) is 23.7 Å². The number of rotatable bonds is 20. The van der Waals surface area contributed by atoms with E-state index in [2.05, 4.69) is 52.5 Å². The molecule has 4 aromatic carbocycles. The Kier molecular flexibility index (Phi) is 16.3. The van der Waals surface area contributed by atoms with E-state index in [1.54, 1.807) is 30.5 Å². The predicted octanol–water partition coefficient (Wildman–Crippen LogP) is 4.91. The maximum absolute atomic E-state index is 14.7. The molecular weight excluding hydrogens is 890 g/mol. The van der Waals surface area contributed by atoms with Gasteiger partial charge in [0, 0.05) is 59.4 Å². The van der Waals surface area contributed by atoms with Gasteiger partial charge in [0.05, 0.1) is 5.69 Å². The van der Waals surface area contributed by atoms with Gasteiger partial charge in [0.25, 0.3) is 0 Å². The van der Waals surface area contributed by atoms with Crippen LogP contribution in [0.25, 0.3) is 10.9 Å². The van der Waals surface area contributed by atoms with Gasteiger partial charge in [-0.15, -0.1) is 0 Å². The molecule has 6 rings (SSSR count). The van der Waals surface area contributed by atoms with E-state index in [1.807, 2.05) is 79.7 Å². The number of aromatic amines is 1. The average Bonchev–Trinajstić information content (AvgIpc) is 3.69. The number of nitrogens with one attached hydrogen (secondary N) is 6. The van der Waals surface area contributed by atoms with E-state index in [-0.39, 0.29) is 74.8 Å². The standard InChI is InChI=1S/C49H56BrN9O6/c1-3-13-43(61)59-49(24-23-35-32(28-49)16-11-19-37(35)50)47(65)58-41(26-31-14-5-4-6-15-31)45(63)56-40(22-12-25-53-48(51)52)44(62)57-42(27-33-29-54-38-20-9-8-18-36(33)38)46(64)55-39-21-10-7-17-34(39)30(2)60/h4-11,14-21,29,40-42,54H,3,12-13,22-28H2,1-2H3,(H,55,64)(H,56,63)(H,57,62)(H,58,65)(H,59,61)(H4,51,52,53)/t40-,41+,42-,49?/m0/s1. The van der Waals surface area contributed by atoms with Crippen molar-refractivity contribution in [2.24, 2.45) is 16.5 Å². The number of nitrogens with two attached hydrogens (primary N) is 2. The summed E-state index contributed by atoms with van der Waals surface area (Å²) in [5, 5.41) is 15.5. The normalized spacial score (nSPS) is 15.6. The molecule has 1 aliphatic carbocycles. The molecule has 1 aromatic heterocycles. The topological polar surface area (TPSA) is 243 Å². The predicted molar refractivity (Wildman–Crippen MR) is 255 cm³/mol. The maximum Gasteiger partial charge on any atom is 0.247 e. The lowest BCUT2D eigenvalue weighted by atomic mass is 9.77. The first-order chi connectivity index (χ1) is 31.3. The van der Waals surface area contributed by atoms with Crippen LogP contribution in [0.15, 0.2) is 113 Å². The summed E-state index contributed by atoms with van der Waals surface area (Å²) in [5.74, 6) is -3.13. The molecule has 10 N–H and O–H groups in total. The quantitative estimate of drug-likeness (QED) is 0.0230. The van der Waals surface area contributed by atoms with Crippen LogP contribution in [0.4, 0.5) is 5.69 Å². The van der Waals surface area contributed by atoms with Gasteiger partial charge in [-0.25, -0.2) is 0 Å². The molecule has 0 spiro atoms. The largest absolute Gasteiger partial charge is 0.370 e. The zero-order valence-corrected chi connectivity index (χ0v) is 38.1. The molecule has 0 bridgehead atoms. The van der Waals surface area contributed by atoms with E-state index in [1.165, 1.54) is 6.92 Å². The maximum atomic E-state index is 14.7. The van der Waals surface area contributed by atoms with Crippen molar-refractivity contribution < 1.29 is 28.8 Å². The van der Waals surface area contributed by atoms with Crippen molar-refractivity contribution in [2.75, 3.05) is 11.9 Å². The minimum absolute atomic E-state index is 0.0523. The van der Waals surface area contributed by atoms with Crippen molar-refractivity contribution in [3.63, 3.8) is 0 Å². The zero-order valence-electron chi connectivity index (χ0n) is 36.5. The Bertz CT molecular complexity index is 2560. The summed E-state index contributed by atoms with van der Waals surface area (Å²) in [7, 11) is 0. The lowest BCUT2D eigenvalue weighted by Crippen LogP contribution is -2.65. The van der Waals surface area contributed by atoms with E-state index in [4.69, 9.17) is 11.5 Å². The Morgan fingerprint density at radius 1 is 0.800 bits per heavy atom. The highest BCUT2D eigenvalue weighted by molar-refractivity contribution is 9.10. The number of hydrogen-bond donors (Lipinski definition) is 8. The van der Waals surface area contributed by atoms with Crippen molar-refractivity contribution in [3.8, 4) is 0 Å². The molecule has 0 aliphatic heterocycles. The number of halogens is 1. The molecule has 340 valence electrons. The number of ketones is 1. The molecule has 1 aliphatic rings. The summed E-state index contributed by atoms with van der Waals surface area (Å²) in [6.07, 6.45) is 3.98. The molecule has 5 amide bonds. The number of para-hydroxylation sites is 2. The Balaban J connectivity index is 1.30. The third-order valence-electron chi connectivity index (χ3n) is 11.6. The molecule has 1 unspecified atom stereocenters. The van der Waals surface area contributed by atoms with Gasteiger partial charge in [0.2, 0.25) is 29.5 Å². The Hall–Kier alpha value is -6.81. The summed E-state index contributed by atoms with van der Waals surface area (Å²) in [6, 6.07) is 25.4. The molecule has 16 heteroatoms. The highest BCUT2D eigenvalue weighted by Crippen LogP contribution is 2.34. The highest BCUT2D eigenvalue weighted by atomic mass is 79.9. The SMILES string of the molecule is CCCC(=O)NC1(C(=O)N[C@H](Cc2ccccc2)C(=O)N[C@@H](CCCN=C(N)N)C(=O)N[C@@H](Cc2c[nH]c3ccccc23)C(=O)Nc2ccccc2C(C)=O)CCc2c(Br)cccc2C1. The molecule has 0 radical (unpaired) electrons. The van der Waals surface area contributed by atoms with Crippen LogP contribution in [0.2, 0.25) is 0 Å². The Morgan fingerprint density at radius 3 is 2.25 bits per heavy atom. The second-order valence-electron chi connectivity index (χ2n) is 16.4. The summed E-state index contributed by atoms with van der Waals surface area (Å²) < 4.78 is 0.913. The van der Waals surface area contributed by atoms with E-state index in [0.29, 0.717) is 18.4 Å². The number of nitrogens with zero attached hydrogens (tertiary/aromatic N) is 1. The summed E-state index contributed by atoms with van der Waals surface area (Å²) in [5.41, 5.74) is 14.7. The fraction of sp³-hybridized carbons (Fsp3) is 0.327. The second kappa shape index (κ2) is 22.2. The van der Waals surface area contributed by atoms with Crippen LogP contribution in [0.1, 0.15) is 78.6 Å². The molecule has 0 saturated heterocycles. The van der Waals surface area contributed by atoms with Crippen LogP contribution in [0, 0.1) is 0 Å². The molecule has 0 saturated carbocycles. The molecule has 65 heavy (non-hydrogen) atoms. The summed E-state index contributed by atoms with van der Waals surface area (Å²) in [6.45, 7) is 3.42. The van der Waals surface area contributed by atoms with E-state index in [9.17, 15) is 28.8 Å². The molecule has 1 heterocycles. The van der Waals surface area contributed by atoms with Crippen molar-refractivity contribution >= 4 is 73.8 Å². The van der Waals surface area contributed by atoms with Gasteiger partial charge in [-0.2, -0.15) is 0 Å². The highest BCUT2D eigenvalue weighted by Gasteiger charge is 2.44. The number of aromatic nitrogens is 1. The Morgan fingerprint density at radius 2 is 1.49 bits per heavy atom. The molecule has 4 atom stereocenters. The molecule has 0 fully saturated rings.